The highest BCUT2D eigenvalue weighted by molar-refractivity contribution is 7.93. The molecule has 36 heavy (non-hydrogen) atoms. The number of rotatable bonds is 9. The minimum absolute atomic E-state index is 0.0121. The van der Waals surface area contributed by atoms with E-state index in [1.54, 1.807) is 29.2 Å². The SMILES string of the molecule is COc1ccc(OC)c(NS(=O)(=O)c2ccc(NS(=O)(=O)c3ccc(N4CCCC4=O)cc3)cc2)c1. The predicted molar refractivity (Wildman–Crippen MR) is 136 cm³/mol. The number of carbonyl (C=O) groups excluding carboxylic acids is 1. The van der Waals surface area contributed by atoms with Gasteiger partial charge in [-0.1, -0.05) is 0 Å². The highest BCUT2D eigenvalue weighted by Gasteiger charge is 2.23. The Hall–Kier alpha value is -3.77. The van der Waals surface area contributed by atoms with Crippen LogP contribution in [0.15, 0.2) is 76.5 Å². The Balaban J connectivity index is 1.49. The van der Waals surface area contributed by atoms with Gasteiger partial charge in [0.25, 0.3) is 20.0 Å². The molecule has 3 aromatic rings. The third-order valence-corrected chi connectivity index (χ3v) is 8.38. The molecule has 1 amide bonds. The first-order valence-corrected chi connectivity index (χ1v) is 13.9. The number of amides is 1. The fourth-order valence-corrected chi connectivity index (χ4v) is 5.86. The second-order valence-electron chi connectivity index (χ2n) is 7.94. The maximum atomic E-state index is 12.9. The third-order valence-electron chi connectivity index (χ3n) is 5.60. The van der Waals surface area contributed by atoms with Crippen molar-refractivity contribution in [2.75, 3.05) is 35.1 Å². The quantitative estimate of drug-likeness (QED) is 0.432. The first-order valence-electron chi connectivity index (χ1n) is 10.9. The van der Waals surface area contributed by atoms with Gasteiger partial charge in [-0.05, 0) is 67.1 Å². The molecular weight excluding hydrogens is 506 g/mol. The van der Waals surface area contributed by atoms with Gasteiger partial charge in [0, 0.05) is 30.4 Å². The molecule has 0 spiro atoms. The van der Waals surface area contributed by atoms with Crippen LogP contribution in [0.5, 0.6) is 11.5 Å². The highest BCUT2D eigenvalue weighted by atomic mass is 32.2. The first kappa shape index (κ1) is 25.3. The fourth-order valence-electron chi connectivity index (χ4n) is 3.74. The summed E-state index contributed by atoms with van der Waals surface area (Å²) in [6.45, 7) is 0.609. The fraction of sp³-hybridized carbons (Fsp3) is 0.208. The van der Waals surface area contributed by atoms with Gasteiger partial charge in [0.15, 0.2) is 0 Å². The molecule has 0 saturated carbocycles. The standard InChI is InChI=1S/C24H25N3O7S2/c1-33-19-9-14-23(34-2)22(16-19)26-36(31,32)20-10-5-17(6-11-20)25-35(29,30)21-12-7-18(8-13-21)27-15-3-4-24(27)28/h5-14,16,25-26H,3-4,15H2,1-2H3. The second-order valence-corrected chi connectivity index (χ2v) is 11.3. The molecule has 0 bridgehead atoms. The Bertz CT molecular complexity index is 1470. The van der Waals surface area contributed by atoms with E-state index >= 15 is 0 Å². The van der Waals surface area contributed by atoms with Crippen LogP contribution in [-0.4, -0.2) is 43.5 Å². The molecule has 4 rings (SSSR count). The molecule has 190 valence electrons. The van der Waals surface area contributed by atoms with Crippen molar-refractivity contribution in [1.82, 2.24) is 0 Å². The molecule has 3 aromatic carbocycles. The third kappa shape index (κ3) is 5.39. The van der Waals surface area contributed by atoms with Gasteiger partial charge in [-0.15, -0.1) is 0 Å². The number of nitrogens with one attached hydrogen (secondary N) is 2. The monoisotopic (exact) mass is 531 g/mol. The molecule has 0 radical (unpaired) electrons. The average Bonchev–Trinajstić information content (AvgIpc) is 3.29. The van der Waals surface area contributed by atoms with Crippen molar-refractivity contribution in [3.05, 3.63) is 66.7 Å². The number of nitrogens with zero attached hydrogens (tertiary/aromatic N) is 1. The van der Waals surface area contributed by atoms with Crippen molar-refractivity contribution in [1.29, 1.82) is 0 Å². The summed E-state index contributed by atoms with van der Waals surface area (Å²) in [5, 5.41) is 0. The Morgan fingerprint density at radius 2 is 1.39 bits per heavy atom. The van der Waals surface area contributed by atoms with Crippen LogP contribution < -0.4 is 23.8 Å². The van der Waals surface area contributed by atoms with Crippen LogP contribution in [0.2, 0.25) is 0 Å². The summed E-state index contributed by atoms with van der Waals surface area (Å²) in [6, 6.07) is 16.0. The zero-order valence-electron chi connectivity index (χ0n) is 19.6. The van der Waals surface area contributed by atoms with Crippen LogP contribution in [0, 0.1) is 0 Å². The van der Waals surface area contributed by atoms with Crippen LogP contribution in [0.4, 0.5) is 17.1 Å². The van der Waals surface area contributed by atoms with E-state index in [4.69, 9.17) is 9.47 Å². The van der Waals surface area contributed by atoms with Crippen molar-refractivity contribution in [3.63, 3.8) is 0 Å². The summed E-state index contributed by atoms with van der Waals surface area (Å²) in [5.74, 6) is 0.764. The van der Waals surface area contributed by atoms with Gasteiger partial charge >= 0.3 is 0 Å². The molecule has 1 heterocycles. The molecule has 0 aliphatic carbocycles. The van der Waals surface area contributed by atoms with Crippen molar-refractivity contribution >= 4 is 43.0 Å². The summed E-state index contributed by atoms with van der Waals surface area (Å²) in [7, 11) is -5.05. The van der Waals surface area contributed by atoms with Gasteiger partial charge < -0.3 is 14.4 Å². The van der Waals surface area contributed by atoms with Crippen LogP contribution in [-0.2, 0) is 24.8 Å². The Morgan fingerprint density at radius 1 is 0.778 bits per heavy atom. The Morgan fingerprint density at radius 3 is 1.94 bits per heavy atom. The lowest BCUT2D eigenvalue weighted by atomic mass is 10.3. The van der Waals surface area contributed by atoms with Crippen LogP contribution in [0.25, 0.3) is 0 Å². The number of ether oxygens (including phenoxy) is 2. The summed E-state index contributed by atoms with van der Waals surface area (Å²) < 4.78 is 66.6. The first-order chi connectivity index (χ1) is 17.1. The zero-order chi connectivity index (χ0) is 25.9. The molecule has 1 aliphatic heterocycles. The van der Waals surface area contributed by atoms with E-state index in [-0.39, 0.29) is 27.1 Å². The smallest absolute Gasteiger partial charge is 0.262 e. The van der Waals surface area contributed by atoms with Gasteiger partial charge in [0.05, 0.1) is 29.7 Å². The van der Waals surface area contributed by atoms with E-state index in [1.807, 2.05) is 0 Å². The van der Waals surface area contributed by atoms with E-state index in [0.717, 1.165) is 6.42 Å². The summed E-state index contributed by atoms with van der Waals surface area (Å²) >= 11 is 0. The number of hydrogen-bond acceptors (Lipinski definition) is 7. The largest absolute Gasteiger partial charge is 0.497 e. The average molecular weight is 532 g/mol. The van der Waals surface area contributed by atoms with E-state index < -0.39 is 20.0 Å². The van der Waals surface area contributed by atoms with Gasteiger partial charge in [-0.2, -0.15) is 0 Å². The molecular formula is C24H25N3O7S2. The topological polar surface area (TPSA) is 131 Å². The summed E-state index contributed by atoms with van der Waals surface area (Å²) in [5.41, 5.74) is 1.03. The molecule has 10 nitrogen and oxygen atoms in total. The van der Waals surface area contributed by atoms with Crippen molar-refractivity contribution in [2.24, 2.45) is 0 Å². The molecule has 1 aliphatic rings. The minimum atomic E-state index is -4.00. The normalized spacial score (nSPS) is 13.9. The number of sulfonamides is 2. The molecule has 12 heteroatoms. The predicted octanol–water partition coefficient (Wildman–Crippen LogP) is 3.43. The molecule has 0 aromatic heterocycles. The Labute approximate surface area is 209 Å². The molecule has 0 unspecified atom stereocenters. The van der Waals surface area contributed by atoms with Crippen LogP contribution >= 0.6 is 0 Å². The number of methoxy groups -OCH3 is 2. The number of benzene rings is 3. The lowest BCUT2D eigenvalue weighted by molar-refractivity contribution is -0.117. The summed E-state index contributed by atoms with van der Waals surface area (Å²) in [6.07, 6.45) is 1.25. The summed E-state index contributed by atoms with van der Waals surface area (Å²) in [4.78, 5) is 13.5. The molecule has 1 fully saturated rings. The maximum absolute atomic E-state index is 12.9. The van der Waals surface area contributed by atoms with Gasteiger partial charge in [-0.25, -0.2) is 16.8 Å². The van der Waals surface area contributed by atoms with Crippen molar-refractivity contribution in [2.45, 2.75) is 22.6 Å². The van der Waals surface area contributed by atoms with E-state index in [0.29, 0.717) is 30.2 Å². The lowest BCUT2D eigenvalue weighted by Crippen LogP contribution is -2.23. The van der Waals surface area contributed by atoms with Crippen molar-refractivity contribution < 1.29 is 31.1 Å². The van der Waals surface area contributed by atoms with E-state index in [1.165, 1.54) is 56.7 Å². The van der Waals surface area contributed by atoms with Gasteiger partial charge in [0.2, 0.25) is 5.91 Å². The zero-order valence-corrected chi connectivity index (χ0v) is 21.2. The van der Waals surface area contributed by atoms with E-state index in [9.17, 15) is 21.6 Å². The van der Waals surface area contributed by atoms with Crippen LogP contribution in [0.1, 0.15) is 12.8 Å². The molecule has 0 atom stereocenters. The second kappa shape index (κ2) is 10.1. The number of carbonyl (C=O) groups is 1. The maximum Gasteiger partial charge on any atom is 0.262 e. The Kier molecular flexibility index (Phi) is 7.09. The lowest BCUT2D eigenvalue weighted by Gasteiger charge is -2.16. The molecule has 2 N–H and O–H groups in total. The number of hydrogen-bond donors (Lipinski definition) is 2. The molecule has 1 saturated heterocycles. The van der Waals surface area contributed by atoms with Crippen LogP contribution in [0.3, 0.4) is 0 Å². The number of anilines is 3. The highest BCUT2D eigenvalue weighted by Crippen LogP contribution is 2.31. The minimum Gasteiger partial charge on any atom is -0.497 e. The van der Waals surface area contributed by atoms with Gasteiger partial charge in [-0.3, -0.25) is 14.2 Å². The van der Waals surface area contributed by atoms with E-state index in [2.05, 4.69) is 9.44 Å². The van der Waals surface area contributed by atoms with Gasteiger partial charge in [0.1, 0.15) is 11.5 Å². The van der Waals surface area contributed by atoms with Crippen molar-refractivity contribution in [3.8, 4) is 11.5 Å².